The van der Waals surface area contributed by atoms with E-state index in [1.807, 2.05) is 47.4 Å². The number of benzene rings is 3. The first kappa shape index (κ1) is 26.5. The molecule has 5 nitrogen and oxygen atoms in total. The Bertz CT molecular complexity index is 1140. The SMILES string of the molecule is COc1ccccc1C1CCN(C(=O)CCOCc2ccc(Cl)c(Cl)c2)C(NCc2ccccc2)C1. The zero-order chi connectivity index (χ0) is 25.3. The van der Waals surface area contributed by atoms with Crippen LogP contribution >= 0.6 is 23.2 Å². The van der Waals surface area contributed by atoms with E-state index in [-0.39, 0.29) is 12.1 Å². The normalized spacial score (nSPS) is 17.7. The molecule has 4 rings (SSSR count). The second-order valence-corrected chi connectivity index (χ2v) is 9.80. The van der Waals surface area contributed by atoms with E-state index in [0.717, 1.165) is 24.2 Å². The van der Waals surface area contributed by atoms with Crippen molar-refractivity contribution in [2.24, 2.45) is 0 Å². The molecule has 1 amide bonds. The molecule has 1 N–H and O–H groups in total. The van der Waals surface area contributed by atoms with Gasteiger partial charge in [-0.1, -0.05) is 77.8 Å². The lowest BCUT2D eigenvalue weighted by Gasteiger charge is -2.40. The van der Waals surface area contributed by atoms with E-state index in [0.29, 0.717) is 48.7 Å². The van der Waals surface area contributed by atoms with Crippen molar-refractivity contribution in [3.05, 3.63) is 99.5 Å². The maximum atomic E-state index is 13.2. The summed E-state index contributed by atoms with van der Waals surface area (Å²) < 4.78 is 11.4. The van der Waals surface area contributed by atoms with Gasteiger partial charge in [0, 0.05) is 13.1 Å². The van der Waals surface area contributed by atoms with Crippen molar-refractivity contribution in [2.45, 2.75) is 44.5 Å². The van der Waals surface area contributed by atoms with Gasteiger partial charge in [-0.2, -0.15) is 0 Å². The van der Waals surface area contributed by atoms with Crippen LogP contribution in [0.4, 0.5) is 0 Å². The monoisotopic (exact) mass is 526 g/mol. The number of para-hydroxylation sites is 1. The largest absolute Gasteiger partial charge is 0.496 e. The summed E-state index contributed by atoms with van der Waals surface area (Å²) in [6, 6.07) is 23.9. The van der Waals surface area contributed by atoms with Crippen molar-refractivity contribution in [3.63, 3.8) is 0 Å². The van der Waals surface area contributed by atoms with E-state index < -0.39 is 0 Å². The van der Waals surface area contributed by atoms with Crippen LogP contribution in [-0.4, -0.2) is 37.2 Å². The number of amides is 1. The van der Waals surface area contributed by atoms with Gasteiger partial charge in [0.1, 0.15) is 5.75 Å². The van der Waals surface area contributed by atoms with Gasteiger partial charge >= 0.3 is 0 Å². The maximum Gasteiger partial charge on any atom is 0.226 e. The van der Waals surface area contributed by atoms with Crippen molar-refractivity contribution < 1.29 is 14.3 Å². The van der Waals surface area contributed by atoms with E-state index in [1.165, 1.54) is 11.1 Å². The Morgan fingerprint density at radius 1 is 1.00 bits per heavy atom. The minimum Gasteiger partial charge on any atom is -0.496 e. The van der Waals surface area contributed by atoms with Crippen LogP contribution in [0.15, 0.2) is 72.8 Å². The first-order valence-corrected chi connectivity index (χ1v) is 13.0. The third-order valence-corrected chi connectivity index (χ3v) is 7.34. The molecular formula is C29H32Cl2N2O3. The number of carbonyl (C=O) groups is 1. The Hall–Kier alpha value is -2.57. The highest BCUT2D eigenvalue weighted by Crippen LogP contribution is 2.36. The second kappa shape index (κ2) is 13.1. The quantitative estimate of drug-likeness (QED) is 0.309. The molecule has 0 aromatic heterocycles. The van der Waals surface area contributed by atoms with Crippen LogP contribution in [0.25, 0.3) is 0 Å². The summed E-state index contributed by atoms with van der Waals surface area (Å²) in [7, 11) is 1.71. The number of nitrogens with zero attached hydrogens (tertiary/aromatic N) is 1. The number of halogens is 2. The molecule has 3 aromatic rings. The van der Waals surface area contributed by atoms with Crippen LogP contribution < -0.4 is 10.1 Å². The summed E-state index contributed by atoms with van der Waals surface area (Å²) in [5.41, 5.74) is 3.31. The highest BCUT2D eigenvalue weighted by atomic mass is 35.5. The number of hydrogen-bond acceptors (Lipinski definition) is 4. The van der Waals surface area contributed by atoms with Gasteiger partial charge in [-0.15, -0.1) is 0 Å². The van der Waals surface area contributed by atoms with Gasteiger partial charge in [0.05, 0.1) is 43.0 Å². The molecule has 1 fully saturated rings. The summed E-state index contributed by atoms with van der Waals surface area (Å²) in [5.74, 6) is 1.30. The standard InChI is InChI=1S/C29H32Cl2N2O3/c1-35-27-10-6-5-9-24(27)23-13-15-33(28(18-23)32-19-21-7-3-2-4-8-21)29(34)14-16-36-20-22-11-12-25(30)26(31)17-22/h2-12,17,23,28,32H,13-16,18-20H2,1H3. The molecule has 36 heavy (non-hydrogen) atoms. The van der Waals surface area contributed by atoms with E-state index in [2.05, 4.69) is 23.5 Å². The number of likely N-dealkylation sites (tertiary alicyclic amines) is 1. The Morgan fingerprint density at radius 2 is 1.78 bits per heavy atom. The minimum absolute atomic E-state index is 0.0727. The van der Waals surface area contributed by atoms with Crippen LogP contribution in [0, 0.1) is 0 Å². The van der Waals surface area contributed by atoms with Crippen molar-refractivity contribution in [2.75, 3.05) is 20.3 Å². The number of ether oxygens (including phenoxy) is 2. The van der Waals surface area contributed by atoms with E-state index in [1.54, 1.807) is 19.2 Å². The molecule has 0 aliphatic carbocycles. The number of piperidine rings is 1. The zero-order valence-corrected chi connectivity index (χ0v) is 22.0. The molecule has 0 saturated carbocycles. The molecule has 0 radical (unpaired) electrons. The molecule has 190 valence electrons. The van der Waals surface area contributed by atoms with Gasteiger partial charge in [-0.05, 0) is 53.6 Å². The number of nitrogens with one attached hydrogen (secondary N) is 1. The lowest BCUT2D eigenvalue weighted by molar-refractivity contribution is -0.137. The van der Waals surface area contributed by atoms with Gasteiger partial charge in [0.2, 0.25) is 5.91 Å². The van der Waals surface area contributed by atoms with Gasteiger partial charge in [-0.25, -0.2) is 0 Å². The summed E-state index contributed by atoms with van der Waals surface area (Å²) in [6.45, 7) is 2.11. The van der Waals surface area contributed by atoms with Gasteiger partial charge in [0.25, 0.3) is 0 Å². The van der Waals surface area contributed by atoms with E-state index in [9.17, 15) is 4.79 Å². The first-order valence-electron chi connectivity index (χ1n) is 12.3. The lowest BCUT2D eigenvalue weighted by Crippen LogP contribution is -2.52. The molecule has 2 unspecified atom stereocenters. The number of rotatable bonds is 10. The summed E-state index contributed by atoms with van der Waals surface area (Å²) >= 11 is 12.1. The highest BCUT2D eigenvalue weighted by molar-refractivity contribution is 6.42. The lowest BCUT2D eigenvalue weighted by atomic mass is 9.87. The molecular weight excluding hydrogens is 495 g/mol. The average Bonchev–Trinajstić information content (AvgIpc) is 2.92. The Labute approximate surface area is 223 Å². The molecule has 1 saturated heterocycles. The fraction of sp³-hybridized carbons (Fsp3) is 0.345. The molecule has 7 heteroatoms. The third kappa shape index (κ3) is 7.01. The first-order chi connectivity index (χ1) is 17.5. The number of methoxy groups -OCH3 is 1. The highest BCUT2D eigenvalue weighted by Gasteiger charge is 2.32. The summed E-state index contributed by atoms with van der Waals surface area (Å²) in [4.78, 5) is 15.2. The topological polar surface area (TPSA) is 50.8 Å². The van der Waals surface area contributed by atoms with Crippen molar-refractivity contribution in [3.8, 4) is 5.75 Å². The maximum absolute atomic E-state index is 13.2. The number of hydrogen-bond donors (Lipinski definition) is 1. The van der Waals surface area contributed by atoms with Crippen LogP contribution in [0.1, 0.15) is 41.9 Å². The Morgan fingerprint density at radius 3 is 2.56 bits per heavy atom. The predicted octanol–water partition coefficient (Wildman–Crippen LogP) is 6.43. The van der Waals surface area contributed by atoms with Crippen LogP contribution in [0.2, 0.25) is 10.0 Å². The van der Waals surface area contributed by atoms with Gasteiger partial charge < -0.3 is 14.4 Å². The van der Waals surface area contributed by atoms with E-state index >= 15 is 0 Å². The fourth-order valence-corrected chi connectivity index (χ4v) is 5.02. The Kier molecular flexibility index (Phi) is 9.65. The average molecular weight is 527 g/mol. The van der Waals surface area contributed by atoms with Crippen LogP contribution in [0.5, 0.6) is 5.75 Å². The van der Waals surface area contributed by atoms with Crippen molar-refractivity contribution >= 4 is 29.1 Å². The Balaban J connectivity index is 1.38. The third-order valence-electron chi connectivity index (χ3n) is 6.60. The van der Waals surface area contributed by atoms with Gasteiger partial charge in [0.15, 0.2) is 0 Å². The summed E-state index contributed by atoms with van der Waals surface area (Å²) in [6.07, 6.45) is 1.96. The fourth-order valence-electron chi connectivity index (χ4n) is 4.70. The van der Waals surface area contributed by atoms with Crippen molar-refractivity contribution in [1.29, 1.82) is 0 Å². The van der Waals surface area contributed by atoms with Crippen LogP contribution in [-0.2, 0) is 22.7 Å². The number of carbonyl (C=O) groups excluding carboxylic acids is 1. The van der Waals surface area contributed by atoms with E-state index in [4.69, 9.17) is 32.7 Å². The predicted molar refractivity (Wildman–Crippen MR) is 144 cm³/mol. The molecule has 1 heterocycles. The molecule has 1 aliphatic heterocycles. The van der Waals surface area contributed by atoms with Crippen molar-refractivity contribution in [1.82, 2.24) is 10.2 Å². The zero-order valence-electron chi connectivity index (χ0n) is 20.5. The molecule has 3 aromatic carbocycles. The molecule has 2 atom stereocenters. The minimum atomic E-state index is -0.0727. The molecule has 0 bridgehead atoms. The van der Waals surface area contributed by atoms with Crippen LogP contribution in [0.3, 0.4) is 0 Å². The molecule has 1 aliphatic rings. The molecule has 0 spiro atoms. The smallest absolute Gasteiger partial charge is 0.226 e. The summed E-state index contributed by atoms with van der Waals surface area (Å²) in [5, 5.41) is 4.64. The van der Waals surface area contributed by atoms with Gasteiger partial charge in [-0.3, -0.25) is 10.1 Å². The second-order valence-electron chi connectivity index (χ2n) is 8.98.